The van der Waals surface area contributed by atoms with E-state index < -0.39 is 66.1 Å². The number of carbonyl (C=O) groups is 8. The van der Waals surface area contributed by atoms with Gasteiger partial charge in [-0.05, 0) is 61.0 Å². The minimum atomic E-state index is -1.25. The van der Waals surface area contributed by atoms with Crippen molar-refractivity contribution >= 4 is 58.9 Å². The van der Waals surface area contributed by atoms with Crippen molar-refractivity contribution in [3.05, 3.63) is 47.0 Å². The van der Waals surface area contributed by atoms with Crippen LogP contribution >= 0.6 is 11.6 Å². The Morgan fingerprint density at radius 1 is 0.853 bits per heavy atom. The molecule has 1 aromatic rings. The molecular weight excluding hydrogens is 896 g/mol. The number of aliphatic carboxylic acids is 1. The van der Waals surface area contributed by atoms with Crippen LogP contribution in [0.5, 0.6) is 0 Å². The number of unbranched alkanes of at least 4 members (excludes halogenated alkanes) is 2. The lowest BCUT2D eigenvalue weighted by Crippen LogP contribution is -2.60. The molecule has 0 bridgehead atoms. The summed E-state index contributed by atoms with van der Waals surface area (Å²) in [6.45, 7) is 13.2. The van der Waals surface area contributed by atoms with Gasteiger partial charge in [0.05, 0.1) is 36.6 Å². The number of amides is 7. The Morgan fingerprint density at radius 3 is 2.06 bits per heavy atom. The molecule has 1 saturated carbocycles. The Morgan fingerprint density at radius 2 is 1.50 bits per heavy atom. The number of carboxylic acids is 1. The second kappa shape index (κ2) is 25.1. The third kappa shape index (κ3) is 13.7. The van der Waals surface area contributed by atoms with Crippen molar-refractivity contribution in [3.8, 4) is 0 Å². The van der Waals surface area contributed by atoms with Gasteiger partial charge in [-0.1, -0.05) is 91.1 Å². The number of benzene rings is 1. The molecule has 2 heterocycles. The first-order valence-corrected chi connectivity index (χ1v) is 24.5. The van der Waals surface area contributed by atoms with Gasteiger partial charge in [0.25, 0.3) is 11.8 Å². The summed E-state index contributed by atoms with van der Waals surface area (Å²) in [5.41, 5.74) is 0.579. The van der Waals surface area contributed by atoms with E-state index in [1.54, 1.807) is 55.1 Å². The van der Waals surface area contributed by atoms with Crippen LogP contribution in [-0.4, -0.2) is 155 Å². The van der Waals surface area contributed by atoms with Crippen LogP contribution in [0.4, 0.5) is 0 Å². The maximum Gasteiger partial charge on any atom is 0.326 e. The number of imide groups is 1. The fourth-order valence-corrected chi connectivity index (χ4v) is 10.2. The van der Waals surface area contributed by atoms with Gasteiger partial charge in [0.1, 0.15) is 18.1 Å². The summed E-state index contributed by atoms with van der Waals surface area (Å²) in [7, 11) is 6.22. The van der Waals surface area contributed by atoms with E-state index in [0.717, 1.165) is 6.42 Å². The largest absolute Gasteiger partial charge is 0.480 e. The topological polar surface area (TPSA) is 212 Å². The molecule has 7 amide bonds. The predicted octanol–water partition coefficient (Wildman–Crippen LogP) is 4.48. The average Bonchev–Trinajstić information content (AvgIpc) is 3.84. The number of likely N-dealkylation sites (tertiary alicyclic amines) is 1. The van der Waals surface area contributed by atoms with Gasteiger partial charge < -0.3 is 39.9 Å². The van der Waals surface area contributed by atoms with Crippen molar-refractivity contribution < 1.29 is 52.9 Å². The summed E-state index contributed by atoms with van der Waals surface area (Å²) in [6, 6.07) is 2.63. The standard InChI is InChI=1S/C50H75ClN6O11/c1-12-30(6)45(55(9)49(64)43(28(2)3)53-48(63)44(29(4)5)54(8)39(58)20-14-13-17-23-56-40(59)21-22-41(56)60)38(67-10)27-42(61)57-36-25-33(36)26-37(57)46(68-11)31(7)47(62)52-35(50(65)66)24-32-18-15-16-19-34(32)51/h15-16,18-19,21-22,28-31,33,35-38,43-46H,12-14,17,20,23-27H2,1-11H3,(H,52,62)(H,53,63)(H,65,66)/t30-,31+,33-,35-,36?,37-,38+,43-,44-,45?,46+/m0/s1. The van der Waals surface area contributed by atoms with Crippen LogP contribution in [-0.2, 0) is 54.3 Å². The third-order valence-corrected chi connectivity index (χ3v) is 14.6. The van der Waals surface area contributed by atoms with Crippen molar-refractivity contribution in [2.45, 2.75) is 155 Å². The van der Waals surface area contributed by atoms with E-state index in [-0.39, 0.29) is 85.1 Å². The van der Waals surface area contributed by atoms with Gasteiger partial charge in [-0.15, -0.1) is 0 Å². The van der Waals surface area contributed by atoms with Crippen LogP contribution in [0.25, 0.3) is 0 Å². The Kier molecular flexibility index (Phi) is 20.6. The molecule has 378 valence electrons. The number of ether oxygens (including phenoxy) is 2. The molecule has 3 aliphatic rings. The molecule has 0 spiro atoms. The highest BCUT2D eigenvalue weighted by Gasteiger charge is 2.57. The number of rotatable bonds is 27. The van der Waals surface area contributed by atoms with Gasteiger partial charge >= 0.3 is 5.97 Å². The Hall–Kier alpha value is -4.87. The van der Waals surface area contributed by atoms with Crippen LogP contribution in [0, 0.1) is 29.6 Å². The van der Waals surface area contributed by atoms with Crippen molar-refractivity contribution in [2.75, 3.05) is 34.9 Å². The molecule has 1 aliphatic carbocycles. The first-order valence-electron chi connectivity index (χ1n) is 24.1. The molecule has 11 atom stereocenters. The van der Waals surface area contributed by atoms with E-state index in [0.29, 0.717) is 42.7 Å². The zero-order valence-corrected chi connectivity index (χ0v) is 42.5. The molecule has 18 heteroatoms. The van der Waals surface area contributed by atoms with Gasteiger partial charge in [-0.2, -0.15) is 0 Å². The monoisotopic (exact) mass is 971 g/mol. The van der Waals surface area contributed by atoms with Gasteiger partial charge in [0.2, 0.25) is 29.5 Å². The number of likely N-dealkylation sites (N-methyl/N-ethyl adjacent to an activating group) is 2. The van der Waals surface area contributed by atoms with Gasteiger partial charge in [0.15, 0.2) is 0 Å². The average molecular weight is 972 g/mol. The summed E-state index contributed by atoms with van der Waals surface area (Å²) in [6.07, 6.45) is 4.75. The minimum absolute atomic E-state index is 0.0194. The highest BCUT2D eigenvalue weighted by atomic mass is 35.5. The number of carbonyl (C=O) groups excluding carboxylic acids is 7. The fraction of sp³-hybridized carbons (Fsp3) is 0.680. The number of hydrogen-bond donors (Lipinski definition) is 3. The highest BCUT2D eigenvalue weighted by molar-refractivity contribution is 6.31. The van der Waals surface area contributed by atoms with E-state index >= 15 is 0 Å². The van der Waals surface area contributed by atoms with Gasteiger partial charge in [0, 0.05) is 70.9 Å². The number of nitrogens with zero attached hydrogens (tertiary/aromatic N) is 4. The lowest BCUT2D eigenvalue weighted by atomic mass is 9.89. The first kappa shape index (κ1) is 55.7. The fourth-order valence-electron chi connectivity index (χ4n) is 10.00. The number of hydrogen-bond acceptors (Lipinski definition) is 10. The number of carboxylic acid groups (broad SMARTS) is 1. The molecule has 1 aromatic carbocycles. The maximum atomic E-state index is 14.6. The summed E-state index contributed by atoms with van der Waals surface area (Å²) in [5.74, 6) is -5.12. The SMILES string of the molecule is CC[C@H](C)C([C@@H](CC(=O)N1C2C[C@H]2C[C@H]1[C@H](OC)[C@@H](C)C(=O)N[C@@H](Cc1ccccc1Cl)C(=O)O)OC)N(C)C(=O)[C@@H](NC(=O)[C@H](C(C)C)N(C)C(=O)CCCCCN1C(=O)C=CC1=O)C(C)C. The molecule has 17 nitrogen and oxygen atoms in total. The Bertz CT molecular complexity index is 2000. The Balaban J connectivity index is 1.44. The maximum absolute atomic E-state index is 14.6. The molecule has 0 aromatic heterocycles. The molecule has 2 fully saturated rings. The second-order valence-electron chi connectivity index (χ2n) is 19.6. The van der Waals surface area contributed by atoms with Crippen molar-refractivity contribution in [1.82, 2.24) is 30.2 Å². The zero-order valence-electron chi connectivity index (χ0n) is 41.7. The number of fused-ring (bicyclic) bond motifs is 1. The van der Waals surface area contributed by atoms with Gasteiger partial charge in [-0.3, -0.25) is 38.5 Å². The van der Waals surface area contributed by atoms with E-state index in [2.05, 4.69) is 10.6 Å². The summed E-state index contributed by atoms with van der Waals surface area (Å²) in [5, 5.41) is 16.1. The van der Waals surface area contributed by atoms with Crippen LogP contribution in [0.3, 0.4) is 0 Å². The lowest BCUT2D eigenvalue weighted by molar-refractivity contribution is -0.149. The molecule has 0 radical (unpaired) electrons. The zero-order chi connectivity index (χ0) is 50.7. The van der Waals surface area contributed by atoms with Crippen molar-refractivity contribution in [3.63, 3.8) is 0 Å². The normalized spacial score (nSPS) is 21.1. The van der Waals surface area contributed by atoms with Crippen LogP contribution in [0.2, 0.25) is 5.02 Å². The minimum Gasteiger partial charge on any atom is -0.480 e. The Labute approximate surface area is 407 Å². The van der Waals surface area contributed by atoms with Crippen LogP contribution in [0.15, 0.2) is 36.4 Å². The van der Waals surface area contributed by atoms with E-state index in [9.17, 15) is 43.5 Å². The smallest absolute Gasteiger partial charge is 0.326 e. The molecule has 4 rings (SSSR count). The quantitative estimate of drug-likeness (QED) is 0.0827. The molecule has 3 N–H and O–H groups in total. The van der Waals surface area contributed by atoms with Gasteiger partial charge in [-0.25, -0.2) is 4.79 Å². The molecular formula is C50H75ClN6O11. The summed E-state index contributed by atoms with van der Waals surface area (Å²) >= 11 is 6.31. The highest BCUT2D eigenvalue weighted by Crippen LogP contribution is 2.50. The summed E-state index contributed by atoms with van der Waals surface area (Å²) in [4.78, 5) is 112. The van der Waals surface area contributed by atoms with E-state index in [4.69, 9.17) is 21.1 Å². The van der Waals surface area contributed by atoms with E-state index in [1.807, 2.05) is 41.5 Å². The van der Waals surface area contributed by atoms with Crippen LogP contribution in [0.1, 0.15) is 105 Å². The van der Waals surface area contributed by atoms with Crippen LogP contribution < -0.4 is 10.6 Å². The van der Waals surface area contributed by atoms with Crippen molar-refractivity contribution in [1.29, 1.82) is 0 Å². The number of halogens is 1. The summed E-state index contributed by atoms with van der Waals surface area (Å²) < 4.78 is 12.0. The number of methoxy groups -OCH3 is 2. The number of nitrogens with one attached hydrogen (secondary N) is 2. The third-order valence-electron chi connectivity index (χ3n) is 14.2. The first-order chi connectivity index (χ1) is 32.1. The molecule has 2 aliphatic heterocycles. The molecule has 68 heavy (non-hydrogen) atoms. The van der Waals surface area contributed by atoms with E-state index in [1.165, 1.54) is 36.2 Å². The predicted molar refractivity (Wildman–Crippen MR) is 256 cm³/mol. The second-order valence-corrected chi connectivity index (χ2v) is 20.0. The molecule has 2 unspecified atom stereocenters. The molecule has 1 saturated heterocycles. The van der Waals surface area contributed by atoms with Crippen molar-refractivity contribution in [2.24, 2.45) is 29.6 Å². The number of piperidine rings is 1. The lowest BCUT2D eigenvalue weighted by Gasteiger charge is -2.41.